The van der Waals surface area contributed by atoms with Crippen molar-refractivity contribution in [3.63, 3.8) is 0 Å². The Labute approximate surface area is 72.0 Å². The Morgan fingerprint density at radius 2 is 2.00 bits per heavy atom. The van der Waals surface area contributed by atoms with Crippen LogP contribution in [0.3, 0.4) is 0 Å². The summed E-state index contributed by atoms with van der Waals surface area (Å²) in [5.41, 5.74) is 2.07. The Bertz CT molecular complexity index is 313. The van der Waals surface area contributed by atoms with E-state index < -0.39 is 0 Å². The van der Waals surface area contributed by atoms with Gasteiger partial charge in [0.2, 0.25) is 0 Å². The quantitative estimate of drug-likeness (QED) is 0.476. The zero-order valence-electron chi connectivity index (χ0n) is 6.77. The molecule has 0 heterocycles. The molecule has 0 bridgehead atoms. The van der Waals surface area contributed by atoms with E-state index in [4.69, 9.17) is 0 Å². The topological polar surface area (TPSA) is 24.7 Å². The Balaban J connectivity index is 2.93. The van der Waals surface area contributed by atoms with Crippen molar-refractivity contribution >= 4 is 19.0 Å². The van der Waals surface area contributed by atoms with E-state index in [9.17, 15) is 0 Å². The van der Waals surface area contributed by atoms with Crippen LogP contribution in [0.1, 0.15) is 11.1 Å². The van der Waals surface area contributed by atoms with Crippen LogP contribution in [0.5, 0.6) is 0 Å². The monoisotopic (exact) mass is 158 g/mol. The van der Waals surface area contributed by atoms with Crippen LogP contribution in [0.2, 0.25) is 0 Å². The summed E-state index contributed by atoms with van der Waals surface area (Å²) in [5, 5.41) is 7.05. The average molecular weight is 158 g/mol. The summed E-state index contributed by atoms with van der Waals surface area (Å²) < 4.78 is 0. The lowest BCUT2D eigenvalue weighted by atomic mass is 10.1. The second-order valence-electron chi connectivity index (χ2n) is 2.26. The first kappa shape index (κ1) is 8.40. The van der Waals surface area contributed by atoms with Gasteiger partial charge in [0.25, 0.3) is 0 Å². The molecule has 60 valence electrons. The van der Waals surface area contributed by atoms with E-state index >= 15 is 0 Å². The lowest BCUT2D eigenvalue weighted by molar-refractivity contribution is 1.28. The molecule has 0 unspecified atom stereocenters. The zero-order valence-corrected chi connectivity index (χ0v) is 6.77. The maximum absolute atomic E-state index is 3.67. The SMILES string of the molecule is C=Cc1cccc(C=NN=C)c1. The third-order valence-corrected chi connectivity index (χ3v) is 1.43. The van der Waals surface area contributed by atoms with Crippen LogP contribution in [0.25, 0.3) is 6.08 Å². The van der Waals surface area contributed by atoms with Gasteiger partial charge in [-0.1, -0.05) is 30.9 Å². The lowest BCUT2D eigenvalue weighted by Crippen LogP contribution is -1.80. The Morgan fingerprint density at radius 3 is 2.67 bits per heavy atom. The van der Waals surface area contributed by atoms with Gasteiger partial charge in [0.1, 0.15) is 0 Å². The molecular formula is C10H10N2. The van der Waals surface area contributed by atoms with Crippen LogP contribution in [0.4, 0.5) is 0 Å². The summed E-state index contributed by atoms with van der Waals surface area (Å²) >= 11 is 0. The molecule has 0 aromatic heterocycles. The standard InChI is InChI=1S/C10H10N2/c1-3-9-5-4-6-10(7-9)8-12-11-2/h3-8H,1-2H2. The van der Waals surface area contributed by atoms with E-state index in [1.54, 1.807) is 12.3 Å². The van der Waals surface area contributed by atoms with Gasteiger partial charge in [-0.3, -0.25) is 0 Å². The Hall–Kier alpha value is -1.70. The fourth-order valence-electron chi connectivity index (χ4n) is 0.874. The first-order chi connectivity index (χ1) is 5.86. The van der Waals surface area contributed by atoms with Crippen LogP contribution < -0.4 is 0 Å². The number of nitrogens with zero attached hydrogens (tertiary/aromatic N) is 2. The first-order valence-electron chi connectivity index (χ1n) is 3.58. The van der Waals surface area contributed by atoms with Crippen LogP contribution in [0, 0.1) is 0 Å². The van der Waals surface area contributed by atoms with Crippen LogP contribution in [-0.4, -0.2) is 12.9 Å². The molecule has 0 saturated carbocycles. The van der Waals surface area contributed by atoms with Crippen molar-refractivity contribution in [2.45, 2.75) is 0 Å². The molecule has 1 rings (SSSR count). The highest BCUT2D eigenvalue weighted by Crippen LogP contribution is 2.03. The molecule has 0 aliphatic rings. The highest BCUT2D eigenvalue weighted by molar-refractivity contribution is 5.80. The second kappa shape index (κ2) is 4.23. The molecule has 12 heavy (non-hydrogen) atoms. The Morgan fingerprint density at radius 1 is 1.25 bits per heavy atom. The van der Waals surface area contributed by atoms with Gasteiger partial charge in [0, 0.05) is 6.72 Å². The number of hydrogen-bond donors (Lipinski definition) is 0. The van der Waals surface area contributed by atoms with Crippen molar-refractivity contribution < 1.29 is 0 Å². The second-order valence-corrected chi connectivity index (χ2v) is 2.26. The summed E-state index contributed by atoms with van der Waals surface area (Å²) in [7, 11) is 0. The van der Waals surface area contributed by atoms with E-state index in [1.807, 2.05) is 24.3 Å². The predicted octanol–water partition coefficient (Wildman–Crippen LogP) is 2.36. The molecule has 0 spiro atoms. The molecule has 0 radical (unpaired) electrons. The van der Waals surface area contributed by atoms with Crippen molar-refractivity contribution in [2.75, 3.05) is 0 Å². The van der Waals surface area contributed by atoms with Crippen molar-refractivity contribution in [1.82, 2.24) is 0 Å². The van der Waals surface area contributed by atoms with Crippen molar-refractivity contribution in [3.05, 3.63) is 42.0 Å². The van der Waals surface area contributed by atoms with Crippen LogP contribution in [0.15, 0.2) is 41.0 Å². The van der Waals surface area contributed by atoms with Gasteiger partial charge in [-0.05, 0) is 17.2 Å². The van der Waals surface area contributed by atoms with E-state index in [-0.39, 0.29) is 0 Å². The van der Waals surface area contributed by atoms with Gasteiger partial charge in [0.15, 0.2) is 0 Å². The Kier molecular flexibility index (Phi) is 2.96. The molecule has 1 aromatic carbocycles. The van der Waals surface area contributed by atoms with Gasteiger partial charge < -0.3 is 0 Å². The van der Waals surface area contributed by atoms with E-state index in [0.717, 1.165) is 11.1 Å². The lowest BCUT2D eigenvalue weighted by Gasteiger charge is -1.93. The van der Waals surface area contributed by atoms with E-state index in [0.29, 0.717) is 0 Å². The minimum Gasteiger partial charge on any atom is -0.167 e. The summed E-state index contributed by atoms with van der Waals surface area (Å²) in [5.74, 6) is 0. The summed E-state index contributed by atoms with van der Waals surface area (Å²) in [4.78, 5) is 0. The molecule has 0 aliphatic heterocycles. The molecule has 0 atom stereocenters. The molecular weight excluding hydrogens is 148 g/mol. The summed E-state index contributed by atoms with van der Waals surface area (Å²) in [6, 6.07) is 7.84. The summed E-state index contributed by atoms with van der Waals surface area (Å²) in [6.45, 7) is 6.92. The van der Waals surface area contributed by atoms with Crippen molar-refractivity contribution in [3.8, 4) is 0 Å². The molecule has 0 fully saturated rings. The molecule has 0 aliphatic carbocycles. The van der Waals surface area contributed by atoms with Crippen LogP contribution >= 0.6 is 0 Å². The van der Waals surface area contributed by atoms with E-state index in [2.05, 4.69) is 23.5 Å². The minimum absolute atomic E-state index is 1.000. The third-order valence-electron chi connectivity index (χ3n) is 1.43. The van der Waals surface area contributed by atoms with Gasteiger partial charge in [-0.25, -0.2) is 0 Å². The third kappa shape index (κ3) is 2.16. The minimum atomic E-state index is 1.000. The molecule has 2 nitrogen and oxygen atoms in total. The van der Waals surface area contributed by atoms with Gasteiger partial charge in [0.05, 0.1) is 6.21 Å². The summed E-state index contributed by atoms with van der Waals surface area (Å²) in [6.07, 6.45) is 3.44. The number of benzene rings is 1. The van der Waals surface area contributed by atoms with E-state index in [1.165, 1.54) is 0 Å². The molecule has 0 saturated heterocycles. The molecule has 0 amide bonds. The normalized spacial score (nSPS) is 10.0. The van der Waals surface area contributed by atoms with Crippen molar-refractivity contribution in [2.24, 2.45) is 10.2 Å². The predicted molar refractivity (Wildman–Crippen MR) is 53.7 cm³/mol. The average Bonchev–Trinajstić information content (AvgIpc) is 2.15. The van der Waals surface area contributed by atoms with Gasteiger partial charge >= 0.3 is 0 Å². The maximum Gasteiger partial charge on any atom is 0.0568 e. The molecule has 1 aromatic rings. The van der Waals surface area contributed by atoms with Gasteiger partial charge in [-0.2, -0.15) is 10.2 Å². The number of hydrogen-bond acceptors (Lipinski definition) is 2. The smallest absolute Gasteiger partial charge is 0.0568 e. The highest BCUT2D eigenvalue weighted by Gasteiger charge is 1.87. The molecule has 2 heteroatoms. The largest absolute Gasteiger partial charge is 0.167 e. The maximum atomic E-state index is 3.67. The van der Waals surface area contributed by atoms with Gasteiger partial charge in [-0.15, -0.1) is 0 Å². The highest BCUT2D eigenvalue weighted by atomic mass is 15.2. The first-order valence-corrected chi connectivity index (χ1v) is 3.58. The van der Waals surface area contributed by atoms with Crippen molar-refractivity contribution in [1.29, 1.82) is 0 Å². The van der Waals surface area contributed by atoms with Crippen LogP contribution in [-0.2, 0) is 0 Å². The molecule has 0 N–H and O–H groups in total. The zero-order chi connectivity index (χ0) is 8.81. The number of rotatable bonds is 3. The fraction of sp³-hybridized carbons (Fsp3) is 0. The fourth-order valence-corrected chi connectivity index (χ4v) is 0.874.